The highest BCUT2D eigenvalue weighted by Gasteiger charge is 2.07. The highest BCUT2D eigenvalue weighted by Crippen LogP contribution is 2.27. The molecule has 5 nitrogen and oxygen atoms in total. The number of nitrogens with zero attached hydrogens (tertiary/aromatic N) is 1. The quantitative estimate of drug-likeness (QED) is 0.290. The lowest BCUT2D eigenvalue weighted by Gasteiger charge is -2.10. The molecule has 5 heteroatoms. The number of carbonyl (C=O) groups is 1. The van der Waals surface area contributed by atoms with E-state index >= 15 is 0 Å². The molecule has 3 aromatic carbocycles. The van der Waals surface area contributed by atoms with Crippen molar-refractivity contribution < 1.29 is 14.3 Å². The summed E-state index contributed by atoms with van der Waals surface area (Å²) in [6.07, 6.45) is 8.70. The van der Waals surface area contributed by atoms with Crippen molar-refractivity contribution in [2.45, 2.75) is 0 Å². The van der Waals surface area contributed by atoms with Crippen LogP contribution in [0.1, 0.15) is 11.1 Å². The average Bonchev–Trinajstić information content (AvgIpc) is 2.87. The third-order valence-corrected chi connectivity index (χ3v) is 5.25. The zero-order valence-electron chi connectivity index (χ0n) is 18.5. The summed E-state index contributed by atoms with van der Waals surface area (Å²) in [5.41, 5.74) is 3.74. The maximum atomic E-state index is 12.6. The van der Waals surface area contributed by atoms with Crippen LogP contribution in [0.5, 0.6) is 11.5 Å². The van der Waals surface area contributed by atoms with Crippen molar-refractivity contribution in [3.63, 3.8) is 0 Å². The van der Waals surface area contributed by atoms with Gasteiger partial charge >= 0.3 is 0 Å². The molecule has 1 amide bonds. The highest BCUT2D eigenvalue weighted by molar-refractivity contribution is 6.06. The van der Waals surface area contributed by atoms with E-state index in [1.54, 1.807) is 32.7 Å². The van der Waals surface area contributed by atoms with Gasteiger partial charge in [0.1, 0.15) is 11.5 Å². The molecule has 33 heavy (non-hydrogen) atoms. The molecule has 0 unspecified atom stereocenters. The summed E-state index contributed by atoms with van der Waals surface area (Å²) in [5, 5.41) is 4.87. The summed E-state index contributed by atoms with van der Waals surface area (Å²) in [6, 6.07) is 23.3. The normalized spacial score (nSPS) is 10.7. The van der Waals surface area contributed by atoms with Gasteiger partial charge in [-0.2, -0.15) is 0 Å². The fourth-order valence-corrected chi connectivity index (χ4v) is 3.54. The summed E-state index contributed by atoms with van der Waals surface area (Å²) in [5.74, 6) is 1.36. The topological polar surface area (TPSA) is 60.5 Å². The fraction of sp³-hybridized carbons (Fsp3) is 0.0714. The first-order valence-corrected chi connectivity index (χ1v) is 10.5. The third-order valence-electron chi connectivity index (χ3n) is 5.25. The third kappa shape index (κ3) is 5.28. The molecule has 4 aromatic rings. The molecule has 0 spiro atoms. The predicted molar refractivity (Wildman–Crippen MR) is 133 cm³/mol. The number of amides is 1. The summed E-state index contributed by atoms with van der Waals surface area (Å²) in [6.45, 7) is 0. The molecule has 164 valence electrons. The second kappa shape index (κ2) is 10.3. The Morgan fingerprint density at radius 2 is 1.48 bits per heavy atom. The fourth-order valence-electron chi connectivity index (χ4n) is 3.54. The molecule has 4 rings (SSSR count). The number of methoxy groups -OCH3 is 2. The molecule has 0 radical (unpaired) electrons. The van der Waals surface area contributed by atoms with E-state index in [9.17, 15) is 4.79 Å². The largest absolute Gasteiger partial charge is 0.497 e. The molecular formula is C28H24N2O3. The van der Waals surface area contributed by atoms with Crippen LogP contribution in [0.4, 0.5) is 5.69 Å². The lowest BCUT2D eigenvalue weighted by molar-refractivity contribution is -0.111. The van der Waals surface area contributed by atoms with Crippen molar-refractivity contribution in [1.82, 2.24) is 4.98 Å². The number of ether oxygens (including phenoxy) is 2. The Bertz CT molecular complexity index is 1250. The van der Waals surface area contributed by atoms with Gasteiger partial charge in [-0.05, 0) is 53.1 Å². The Morgan fingerprint density at radius 3 is 2.09 bits per heavy atom. The second-order valence-corrected chi connectivity index (χ2v) is 7.29. The van der Waals surface area contributed by atoms with Crippen LogP contribution in [0.15, 0.2) is 103 Å². The van der Waals surface area contributed by atoms with Crippen molar-refractivity contribution in [3.8, 4) is 11.5 Å². The van der Waals surface area contributed by atoms with Gasteiger partial charge in [-0.3, -0.25) is 9.78 Å². The Balaban J connectivity index is 1.59. The Hall–Kier alpha value is -4.38. The molecule has 0 bridgehead atoms. The smallest absolute Gasteiger partial charge is 0.248 e. The monoisotopic (exact) mass is 436 g/mol. The summed E-state index contributed by atoms with van der Waals surface area (Å²) >= 11 is 0. The van der Waals surface area contributed by atoms with Gasteiger partial charge in [0, 0.05) is 34.9 Å². The van der Waals surface area contributed by atoms with Gasteiger partial charge in [-0.25, -0.2) is 0 Å². The molecule has 0 aliphatic carbocycles. The minimum absolute atomic E-state index is 0.209. The van der Waals surface area contributed by atoms with E-state index in [1.807, 2.05) is 78.9 Å². The summed E-state index contributed by atoms with van der Waals surface area (Å²) in [7, 11) is 3.28. The Morgan fingerprint density at radius 1 is 0.848 bits per heavy atom. The molecule has 0 aliphatic rings. The van der Waals surface area contributed by atoms with Gasteiger partial charge in [-0.1, -0.05) is 48.6 Å². The van der Waals surface area contributed by atoms with Crippen molar-refractivity contribution in [2.75, 3.05) is 19.5 Å². The van der Waals surface area contributed by atoms with Gasteiger partial charge in [0.2, 0.25) is 5.91 Å². The molecule has 0 aliphatic heterocycles. The van der Waals surface area contributed by atoms with E-state index in [4.69, 9.17) is 9.47 Å². The van der Waals surface area contributed by atoms with Gasteiger partial charge in [0.15, 0.2) is 0 Å². The number of carbonyl (C=O) groups excluding carboxylic acids is 1. The van der Waals surface area contributed by atoms with Crippen LogP contribution in [-0.2, 0) is 4.79 Å². The second-order valence-electron chi connectivity index (χ2n) is 7.29. The van der Waals surface area contributed by atoms with Crippen LogP contribution in [0.25, 0.3) is 16.3 Å². The number of rotatable bonds is 7. The molecular weight excluding hydrogens is 412 g/mol. The predicted octanol–water partition coefficient (Wildman–Crippen LogP) is 5.88. The standard InChI is InChI=1S/C28H24N2O3/c1-32-23-13-9-20(10-14-23)25(21-11-15-24(33-2)16-12-21)6-4-8-28(31)30-27-7-3-5-22-19-29-18-17-26(22)27/h3-19H,1-2H3,(H,30,31). The summed E-state index contributed by atoms with van der Waals surface area (Å²) in [4.78, 5) is 16.7. The van der Waals surface area contributed by atoms with Crippen LogP contribution < -0.4 is 14.8 Å². The number of hydrogen-bond acceptors (Lipinski definition) is 4. The van der Waals surface area contributed by atoms with E-state index in [2.05, 4.69) is 10.3 Å². The average molecular weight is 437 g/mol. The number of hydrogen-bond donors (Lipinski definition) is 1. The number of nitrogens with one attached hydrogen (secondary N) is 1. The van der Waals surface area contributed by atoms with Crippen LogP contribution >= 0.6 is 0 Å². The molecule has 0 fully saturated rings. The van der Waals surface area contributed by atoms with Crippen molar-refractivity contribution in [2.24, 2.45) is 0 Å². The Labute approximate surface area is 193 Å². The first kappa shape index (κ1) is 21.8. The zero-order valence-corrected chi connectivity index (χ0v) is 18.5. The van der Waals surface area contributed by atoms with E-state index in [0.29, 0.717) is 0 Å². The van der Waals surface area contributed by atoms with Crippen LogP contribution in [0.3, 0.4) is 0 Å². The molecule has 1 heterocycles. The highest BCUT2D eigenvalue weighted by atomic mass is 16.5. The lowest BCUT2D eigenvalue weighted by Crippen LogP contribution is -2.08. The molecule has 0 saturated carbocycles. The number of aromatic nitrogens is 1. The van der Waals surface area contributed by atoms with E-state index in [1.165, 1.54) is 6.08 Å². The van der Waals surface area contributed by atoms with Gasteiger partial charge < -0.3 is 14.8 Å². The van der Waals surface area contributed by atoms with Crippen LogP contribution in [-0.4, -0.2) is 25.1 Å². The number of pyridine rings is 1. The minimum Gasteiger partial charge on any atom is -0.497 e. The number of benzene rings is 3. The van der Waals surface area contributed by atoms with E-state index in [-0.39, 0.29) is 5.91 Å². The summed E-state index contributed by atoms with van der Waals surface area (Å²) < 4.78 is 10.6. The maximum absolute atomic E-state index is 12.6. The SMILES string of the molecule is COc1ccc(C(=CC=CC(=O)Nc2cccc3cnccc23)c2ccc(OC)cc2)cc1. The minimum atomic E-state index is -0.209. The molecule has 1 N–H and O–H groups in total. The van der Waals surface area contributed by atoms with Crippen molar-refractivity contribution in [3.05, 3.63) is 115 Å². The number of fused-ring (bicyclic) bond motifs is 1. The van der Waals surface area contributed by atoms with Crippen molar-refractivity contribution in [1.29, 1.82) is 0 Å². The number of anilines is 1. The maximum Gasteiger partial charge on any atom is 0.248 e. The lowest BCUT2D eigenvalue weighted by atomic mass is 9.97. The van der Waals surface area contributed by atoms with Gasteiger partial charge in [0.25, 0.3) is 0 Å². The first-order chi connectivity index (χ1) is 16.2. The molecule has 0 atom stereocenters. The van der Waals surface area contributed by atoms with Gasteiger partial charge in [0.05, 0.1) is 14.2 Å². The molecule has 1 aromatic heterocycles. The first-order valence-electron chi connectivity index (χ1n) is 10.5. The zero-order chi connectivity index (χ0) is 23.0. The van der Waals surface area contributed by atoms with E-state index < -0.39 is 0 Å². The van der Waals surface area contributed by atoms with E-state index in [0.717, 1.165) is 44.7 Å². The van der Waals surface area contributed by atoms with Crippen molar-refractivity contribution >= 4 is 27.9 Å². The van der Waals surface area contributed by atoms with Crippen LogP contribution in [0.2, 0.25) is 0 Å². The Kier molecular flexibility index (Phi) is 6.81. The van der Waals surface area contributed by atoms with Gasteiger partial charge in [-0.15, -0.1) is 0 Å². The number of allylic oxidation sites excluding steroid dienone is 2. The van der Waals surface area contributed by atoms with Crippen LogP contribution in [0, 0.1) is 0 Å². The molecule has 0 saturated heterocycles.